The highest BCUT2D eigenvalue weighted by Gasteiger charge is 2.53. The van der Waals surface area contributed by atoms with E-state index in [9.17, 15) is 24.6 Å². The van der Waals surface area contributed by atoms with Gasteiger partial charge in [-0.05, 0) is 79.1 Å². The van der Waals surface area contributed by atoms with Crippen LogP contribution in [0.5, 0.6) is 0 Å². The number of ether oxygens (including phenoxy) is 5. The van der Waals surface area contributed by atoms with E-state index in [1.165, 1.54) is 20.8 Å². The van der Waals surface area contributed by atoms with Gasteiger partial charge in [0.2, 0.25) is 5.91 Å². The van der Waals surface area contributed by atoms with Gasteiger partial charge >= 0.3 is 5.97 Å². The number of oxime groups is 1. The first-order chi connectivity index (χ1) is 27.8. The number of benzene rings is 1. The Kier molecular flexibility index (Phi) is 15.2. The molecule has 2 N–H and O–H groups in total. The lowest BCUT2D eigenvalue weighted by atomic mass is 9.73. The fourth-order valence-electron chi connectivity index (χ4n) is 9.00. The number of ketones is 1. The molecule has 15 heteroatoms. The van der Waals surface area contributed by atoms with Gasteiger partial charge in [0.15, 0.2) is 12.1 Å². The fraction of sp³-hybridized carbons (Fsp3) is 0.682. The first-order valence-electron chi connectivity index (χ1n) is 20.7. The molecule has 1 aromatic heterocycles. The smallest absolute Gasteiger partial charge is 0.316 e. The van der Waals surface area contributed by atoms with E-state index in [1.54, 1.807) is 27.0 Å². The molecule has 0 aliphatic carbocycles. The molecule has 2 unspecified atom stereocenters. The topological polar surface area (TPSA) is 188 Å². The van der Waals surface area contributed by atoms with Gasteiger partial charge in [-0.1, -0.05) is 51.0 Å². The number of esters is 1. The molecule has 0 spiro atoms. The van der Waals surface area contributed by atoms with Gasteiger partial charge in [0.1, 0.15) is 36.0 Å². The minimum absolute atomic E-state index is 0.0771. The molecular formula is C44H64N4O11. The van der Waals surface area contributed by atoms with Gasteiger partial charge in [-0.25, -0.2) is 4.99 Å². The van der Waals surface area contributed by atoms with Gasteiger partial charge in [-0.15, -0.1) is 0 Å². The number of hydrogen-bond donors (Lipinski definition) is 2. The average molecular weight is 825 g/mol. The maximum Gasteiger partial charge on any atom is 0.316 e. The van der Waals surface area contributed by atoms with Gasteiger partial charge in [-0.2, -0.15) is 0 Å². The largest absolute Gasteiger partial charge is 0.459 e. The molecule has 0 saturated carbocycles. The van der Waals surface area contributed by atoms with Crippen LogP contribution in [0.3, 0.4) is 0 Å². The molecule has 5 rings (SSSR count). The van der Waals surface area contributed by atoms with Crippen molar-refractivity contribution in [2.45, 2.75) is 142 Å². The lowest BCUT2D eigenvalue weighted by Gasteiger charge is -2.47. The SMILES string of the molecule is CC[C@H]1OC(=O)C(C)C(=O)[C@H](C)[C@@H](O[C@@H]2O[C@H](C)C[C@H](N(C)C)[C@H]2O)C2(C)C[C@@H](C)C(=NC(C)=O)[C@H](C)[C@@H](OC/C(=N/OCc3cnc4ccccc4c3)CO2)[C@]1(C)O. The Labute approximate surface area is 347 Å². The van der Waals surface area contributed by atoms with E-state index in [2.05, 4.69) is 15.1 Å². The second-order valence-corrected chi connectivity index (χ2v) is 17.4. The summed E-state index contributed by atoms with van der Waals surface area (Å²) in [4.78, 5) is 58.1. The number of carbonyl (C=O) groups excluding carboxylic acids is 3. The average Bonchev–Trinajstić information content (AvgIpc) is 3.20. The summed E-state index contributed by atoms with van der Waals surface area (Å²) >= 11 is 0. The van der Waals surface area contributed by atoms with Crippen molar-refractivity contribution >= 4 is 40.0 Å². The summed E-state index contributed by atoms with van der Waals surface area (Å²) in [6.45, 7) is 14.9. The van der Waals surface area contributed by atoms with Crippen LogP contribution in [0.4, 0.5) is 0 Å². The van der Waals surface area contributed by atoms with Gasteiger partial charge < -0.3 is 43.6 Å². The summed E-state index contributed by atoms with van der Waals surface area (Å²) in [5.41, 5.74) is -0.898. The number of aromatic nitrogens is 1. The van der Waals surface area contributed by atoms with Crippen molar-refractivity contribution in [3.8, 4) is 0 Å². The number of cyclic esters (lactones) is 1. The van der Waals surface area contributed by atoms with Crippen molar-refractivity contribution in [1.82, 2.24) is 9.88 Å². The van der Waals surface area contributed by atoms with Crippen LogP contribution >= 0.6 is 0 Å². The zero-order valence-electron chi connectivity index (χ0n) is 36.4. The zero-order valence-corrected chi connectivity index (χ0v) is 36.4. The monoisotopic (exact) mass is 824 g/mol. The van der Waals surface area contributed by atoms with Crippen molar-refractivity contribution < 1.29 is 53.1 Å². The maximum absolute atomic E-state index is 14.5. The first-order valence-corrected chi connectivity index (χ1v) is 20.7. The van der Waals surface area contributed by atoms with Crippen LogP contribution < -0.4 is 0 Å². The summed E-state index contributed by atoms with van der Waals surface area (Å²) in [5.74, 6) is -5.29. The number of pyridine rings is 1. The fourth-order valence-corrected chi connectivity index (χ4v) is 9.00. The van der Waals surface area contributed by atoms with Crippen LogP contribution in [0.25, 0.3) is 10.9 Å². The minimum Gasteiger partial charge on any atom is -0.459 e. The number of para-hydroxylation sites is 1. The molecule has 13 atom stereocenters. The number of amides is 1. The highest BCUT2D eigenvalue weighted by atomic mass is 16.7. The molecule has 3 fully saturated rings. The Hall–Kier alpha value is -3.70. The Morgan fingerprint density at radius 1 is 1.07 bits per heavy atom. The highest BCUT2D eigenvalue weighted by molar-refractivity contribution is 6.00. The molecule has 3 saturated heterocycles. The molecule has 15 nitrogen and oxygen atoms in total. The lowest BCUT2D eigenvalue weighted by molar-refractivity contribution is -0.296. The summed E-state index contributed by atoms with van der Waals surface area (Å²) in [7, 11) is 3.74. The molecule has 2 bridgehead atoms. The van der Waals surface area contributed by atoms with Crippen LogP contribution in [0.1, 0.15) is 87.1 Å². The van der Waals surface area contributed by atoms with E-state index in [1.807, 2.05) is 70.1 Å². The molecule has 3 aliphatic rings. The molecule has 326 valence electrons. The Morgan fingerprint density at radius 3 is 2.46 bits per heavy atom. The predicted octanol–water partition coefficient (Wildman–Crippen LogP) is 4.67. The third kappa shape index (κ3) is 10.6. The summed E-state index contributed by atoms with van der Waals surface area (Å²) in [6, 6.07) is 9.39. The van der Waals surface area contributed by atoms with Gasteiger partial charge in [0.25, 0.3) is 0 Å². The quantitative estimate of drug-likeness (QED) is 0.223. The molecule has 0 radical (unpaired) electrons. The van der Waals surface area contributed by atoms with Crippen molar-refractivity contribution in [2.24, 2.45) is 33.8 Å². The number of Topliss-reactive ketones (excluding diaryl/α,β-unsaturated/α-hetero) is 1. The Balaban J connectivity index is 1.66. The number of hydrogen-bond acceptors (Lipinski definition) is 14. The molecule has 59 heavy (non-hydrogen) atoms. The molecule has 1 amide bonds. The highest BCUT2D eigenvalue weighted by Crippen LogP contribution is 2.40. The number of aliphatic imine (C=N–C) groups is 1. The van der Waals surface area contributed by atoms with Gasteiger partial charge in [0, 0.05) is 47.7 Å². The molecule has 2 aromatic rings. The first kappa shape index (κ1) is 46.4. The standard InChI is InChI=1S/C44H64N4O11/c1-12-35-44(9,53)40-26(4)36(46-29(7)49)24(2)19-43(8,55-23-32(22-54-40)47-56-21-30-18-31-15-13-14-16-33(31)45-20-30)39(27(5)37(50)28(6)41(52)58-35)59-42-38(51)34(48(10)11)17-25(3)57-42/h13-16,18,20,24-28,34-35,38-40,42,51,53H,12,17,19,21-23H2,1-11H3/b46-36?,47-32-/t24-,25-,26+,27+,28?,34+,35-,38-,39-,40-,42+,43?,44-/m1/s1. The number of nitrogens with zero attached hydrogens (tertiary/aromatic N) is 4. The second kappa shape index (κ2) is 19.3. The van der Waals surface area contributed by atoms with Gasteiger partial charge in [-0.3, -0.25) is 19.4 Å². The zero-order chi connectivity index (χ0) is 43.4. The van der Waals surface area contributed by atoms with Crippen molar-refractivity contribution in [3.63, 3.8) is 0 Å². The van der Waals surface area contributed by atoms with E-state index in [-0.39, 0.29) is 44.8 Å². The second-order valence-electron chi connectivity index (χ2n) is 17.4. The van der Waals surface area contributed by atoms with Crippen LogP contribution in [0.15, 0.2) is 46.7 Å². The van der Waals surface area contributed by atoms with Crippen molar-refractivity contribution in [3.05, 3.63) is 42.1 Å². The van der Waals surface area contributed by atoms with E-state index >= 15 is 0 Å². The van der Waals surface area contributed by atoms with Crippen LogP contribution in [-0.2, 0) is 49.5 Å². The summed E-state index contributed by atoms with van der Waals surface area (Å²) in [6.07, 6.45) is -3.36. The molecule has 4 heterocycles. The molecule has 1 aromatic carbocycles. The number of carbonyl (C=O) groups is 3. The van der Waals surface area contributed by atoms with E-state index in [4.69, 9.17) is 28.5 Å². The molecule has 3 aliphatic heterocycles. The normalized spacial score (nSPS) is 38.1. The summed E-state index contributed by atoms with van der Waals surface area (Å²) < 4.78 is 32.5. The number of aliphatic hydroxyl groups is 2. The van der Waals surface area contributed by atoms with Crippen LogP contribution in [0, 0.1) is 23.7 Å². The number of aliphatic hydroxyl groups excluding tert-OH is 1. The van der Waals surface area contributed by atoms with Crippen LogP contribution in [0.2, 0.25) is 0 Å². The third-order valence-electron chi connectivity index (χ3n) is 12.2. The minimum atomic E-state index is -1.85. The third-order valence-corrected chi connectivity index (χ3v) is 12.2. The van der Waals surface area contributed by atoms with Crippen molar-refractivity contribution in [1.29, 1.82) is 0 Å². The van der Waals surface area contributed by atoms with Crippen molar-refractivity contribution in [2.75, 3.05) is 27.3 Å². The lowest BCUT2D eigenvalue weighted by Crippen LogP contribution is -2.60. The number of rotatable bonds is 7. The number of likely N-dealkylation sites (N-methyl/N-ethyl adjacent to an activating group) is 1. The van der Waals surface area contributed by atoms with Crippen LogP contribution in [-0.4, -0.2) is 131 Å². The summed E-state index contributed by atoms with van der Waals surface area (Å²) in [5, 5.41) is 29.5. The predicted molar refractivity (Wildman–Crippen MR) is 221 cm³/mol. The molecular weight excluding hydrogens is 761 g/mol. The Bertz CT molecular complexity index is 1870. The van der Waals surface area contributed by atoms with E-state index < -0.39 is 83.2 Å². The van der Waals surface area contributed by atoms with E-state index in [0.717, 1.165) is 16.5 Å². The van der Waals surface area contributed by atoms with Gasteiger partial charge in [0.05, 0.1) is 42.6 Å². The van der Waals surface area contributed by atoms with E-state index in [0.29, 0.717) is 17.8 Å². The Morgan fingerprint density at radius 2 is 1.78 bits per heavy atom. The maximum atomic E-state index is 14.5. The number of fused-ring (bicyclic) bond motifs is 6.